The Kier molecular flexibility index (Phi) is 5.84. The summed E-state index contributed by atoms with van der Waals surface area (Å²) >= 11 is 0. The molecule has 6 heteroatoms. The molecule has 5 nitrogen and oxygen atoms in total. The standard InChI is InChI=1S/C15H21N5.HI/c1-16-15(19-12-6-2-3-7-12)17-10-13-11-20-9-5-4-8-14(20)18-13;/h4-5,8-9,11-12H,2-3,6-7,10H2,1H3,(H2,16,17,19);1H. The topological polar surface area (TPSA) is 53.7 Å². The summed E-state index contributed by atoms with van der Waals surface area (Å²) in [5.74, 6) is 0.869. The Labute approximate surface area is 142 Å². The molecular formula is C15H22IN5. The quantitative estimate of drug-likeness (QED) is 0.474. The lowest BCUT2D eigenvalue weighted by molar-refractivity contribution is 0.613. The SMILES string of the molecule is CN=C(NCc1cn2ccccc2n1)NC1CCCC1.I. The number of guanidine groups is 1. The third kappa shape index (κ3) is 4.09. The number of aromatic nitrogens is 2. The maximum atomic E-state index is 4.57. The summed E-state index contributed by atoms with van der Waals surface area (Å²) < 4.78 is 2.03. The minimum absolute atomic E-state index is 0. The summed E-state index contributed by atoms with van der Waals surface area (Å²) in [7, 11) is 1.81. The van der Waals surface area contributed by atoms with E-state index in [2.05, 4.69) is 20.6 Å². The van der Waals surface area contributed by atoms with E-state index < -0.39 is 0 Å². The van der Waals surface area contributed by atoms with E-state index >= 15 is 0 Å². The Hall–Kier alpha value is -1.31. The summed E-state index contributed by atoms with van der Waals surface area (Å²) in [5.41, 5.74) is 1.99. The Morgan fingerprint density at radius 1 is 1.38 bits per heavy atom. The van der Waals surface area contributed by atoms with Crippen LogP contribution in [0.1, 0.15) is 31.4 Å². The number of hydrogen-bond donors (Lipinski definition) is 2. The molecule has 2 heterocycles. The minimum Gasteiger partial charge on any atom is -0.354 e. The highest BCUT2D eigenvalue weighted by molar-refractivity contribution is 14.0. The zero-order valence-corrected chi connectivity index (χ0v) is 14.6. The molecule has 0 saturated heterocycles. The molecule has 0 radical (unpaired) electrons. The van der Waals surface area contributed by atoms with Crippen molar-refractivity contribution < 1.29 is 0 Å². The van der Waals surface area contributed by atoms with E-state index in [1.54, 1.807) is 0 Å². The number of nitrogens with zero attached hydrogens (tertiary/aromatic N) is 3. The third-order valence-electron chi connectivity index (χ3n) is 3.77. The van der Waals surface area contributed by atoms with Crippen molar-refractivity contribution in [3.63, 3.8) is 0 Å². The van der Waals surface area contributed by atoms with Crippen LogP contribution in [0.25, 0.3) is 5.65 Å². The molecule has 0 bridgehead atoms. The van der Waals surface area contributed by atoms with Crippen LogP contribution >= 0.6 is 24.0 Å². The molecule has 1 aliphatic rings. The summed E-state index contributed by atoms with van der Waals surface area (Å²) in [6.07, 6.45) is 9.19. The van der Waals surface area contributed by atoms with Gasteiger partial charge in [0.05, 0.1) is 12.2 Å². The number of imidazole rings is 1. The van der Waals surface area contributed by atoms with Crippen LogP contribution in [0.2, 0.25) is 0 Å². The van der Waals surface area contributed by atoms with Crippen LogP contribution in [0, 0.1) is 0 Å². The fourth-order valence-electron chi connectivity index (χ4n) is 2.70. The van der Waals surface area contributed by atoms with Crippen LogP contribution in [0.5, 0.6) is 0 Å². The van der Waals surface area contributed by atoms with Crippen LogP contribution < -0.4 is 10.6 Å². The molecule has 1 fully saturated rings. The van der Waals surface area contributed by atoms with Crippen LogP contribution in [0.4, 0.5) is 0 Å². The molecule has 2 aromatic rings. The molecule has 2 N–H and O–H groups in total. The Morgan fingerprint density at radius 3 is 2.90 bits per heavy atom. The van der Waals surface area contributed by atoms with Crippen molar-refractivity contribution >= 4 is 35.6 Å². The molecule has 0 atom stereocenters. The number of halogens is 1. The van der Waals surface area contributed by atoms with Crippen molar-refractivity contribution in [2.75, 3.05) is 7.05 Å². The first kappa shape index (κ1) is 16.1. The maximum absolute atomic E-state index is 4.57. The van der Waals surface area contributed by atoms with Gasteiger partial charge in [0.25, 0.3) is 0 Å². The highest BCUT2D eigenvalue weighted by atomic mass is 127. The molecule has 0 amide bonds. The van der Waals surface area contributed by atoms with Gasteiger partial charge < -0.3 is 15.0 Å². The van der Waals surface area contributed by atoms with Crippen LogP contribution in [-0.4, -0.2) is 28.4 Å². The van der Waals surface area contributed by atoms with E-state index in [0.717, 1.165) is 17.3 Å². The predicted octanol–water partition coefficient (Wildman–Crippen LogP) is 2.56. The average molecular weight is 399 g/mol. The second-order valence-corrected chi connectivity index (χ2v) is 5.25. The van der Waals surface area contributed by atoms with E-state index in [0.29, 0.717) is 12.6 Å². The average Bonchev–Trinajstić information content (AvgIpc) is 3.12. The summed E-state index contributed by atoms with van der Waals surface area (Å²) in [4.78, 5) is 8.85. The van der Waals surface area contributed by atoms with Gasteiger partial charge in [-0.15, -0.1) is 24.0 Å². The number of aliphatic imine (C=N–C) groups is 1. The lowest BCUT2D eigenvalue weighted by atomic mass is 10.2. The minimum atomic E-state index is 0. The second-order valence-electron chi connectivity index (χ2n) is 5.25. The summed E-state index contributed by atoms with van der Waals surface area (Å²) in [6.45, 7) is 0.689. The van der Waals surface area contributed by atoms with E-state index in [-0.39, 0.29) is 24.0 Å². The van der Waals surface area contributed by atoms with E-state index in [1.165, 1.54) is 25.7 Å². The zero-order chi connectivity index (χ0) is 13.8. The van der Waals surface area contributed by atoms with Crippen LogP contribution in [0.15, 0.2) is 35.6 Å². The van der Waals surface area contributed by atoms with Gasteiger partial charge in [0, 0.05) is 25.5 Å². The highest BCUT2D eigenvalue weighted by Crippen LogP contribution is 2.17. The van der Waals surface area contributed by atoms with Crippen LogP contribution in [-0.2, 0) is 6.54 Å². The van der Waals surface area contributed by atoms with Crippen molar-refractivity contribution in [3.05, 3.63) is 36.3 Å². The van der Waals surface area contributed by atoms with Crippen molar-refractivity contribution in [2.45, 2.75) is 38.3 Å². The van der Waals surface area contributed by atoms with Gasteiger partial charge in [-0.1, -0.05) is 18.9 Å². The Morgan fingerprint density at radius 2 is 2.19 bits per heavy atom. The van der Waals surface area contributed by atoms with Gasteiger partial charge in [0.2, 0.25) is 0 Å². The normalized spacial score (nSPS) is 16.0. The molecular weight excluding hydrogens is 377 g/mol. The summed E-state index contributed by atoms with van der Waals surface area (Å²) in [5, 5.41) is 6.81. The van der Waals surface area contributed by atoms with Crippen molar-refractivity contribution in [3.8, 4) is 0 Å². The highest BCUT2D eigenvalue weighted by Gasteiger charge is 2.15. The van der Waals surface area contributed by atoms with E-state index in [9.17, 15) is 0 Å². The van der Waals surface area contributed by atoms with E-state index in [1.807, 2.05) is 42.0 Å². The van der Waals surface area contributed by atoms with Crippen molar-refractivity contribution in [2.24, 2.45) is 4.99 Å². The van der Waals surface area contributed by atoms with Gasteiger partial charge in [-0.05, 0) is 25.0 Å². The predicted molar refractivity (Wildman–Crippen MR) is 96.2 cm³/mol. The lowest BCUT2D eigenvalue weighted by Gasteiger charge is -2.16. The molecule has 21 heavy (non-hydrogen) atoms. The van der Waals surface area contributed by atoms with Gasteiger partial charge in [-0.25, -0.2) is 4.98 Å². The van der Waals surface area contributed by atoms with Crippen molar-refractivity contribution in [1.82, 2.24) is 20.0 Å². The fraction of sp³-hybridized carbons (Fsp3) is 0.467. The smallest absolute Gasteiger partial charge is 0.191 e. The molecule has 0 aliphatic heterocycles. The molecule has 114 valence electrons. The van der Waals surface area contributed by atoms with Gasteiger partial charge in [-0.3, -0.25) is 4.99 Å². The number of rotatable bonds is 3. The monoisotopic (exact) mass is 399 g/mol. The van der Waals surface area contributed by atoms with Gasteiger partial charge >= 0.3 is 0 Å². The molecule has 0 unspecified atom stereocenters. The largest absolute Gasteiger partial charge is 0.354 e. The fourth-order valence-corrected chi connectivity index (χ4v) is 2.70. The van der Waals surface area contributed by atoms with Gasteiger partial charge in [0.1, 0.15) is 5.65 Å². The molecule has 1 aliphatic carbocycles. The third-order valence-corrected chi connectivity index (χ3v) is 3.77. The van der Waals surface area contributed by atoms with Crippen molar-refractivity contribution in [1.29, 1.82) is 0 Å². The molecule has 2 aromatic heterocycles. The Bertz CT molecular complexity index is 568. The molecule has 0 aromatic carbocycles. The second kappa shape index (κ2) is 7.63. The number of fused-ring (bicyclic) bond motifs is 1. The molecule has 1 saturated carbocycles. The first-order valence-electron chi connectivity index (χ1n) is 7.25. The van der Waals surface area contributed by atoms with Crippen LogP contribution in [0.3, 0.4) is 0 Å². The Balaban J connectivity index is 0.00000161. The first-order valence-corrected chi connectivity index (χ1v) is 7.25. The van der Waals surface area contributed by atoms with Gasteiger partial charge in [-0.2, -0.15) is 0 Å². The lowest BCUT2D eigenvalue weighted by Crippen LogP contribution is -2.41. The number of hydrogen-bond acceptors (Lipinski definition) is 2. The number of pyridine rings is 1. The van der Waals surface area contributed by atoms with Gasteiger partial charge in [0.15, 0.2) is 5.96 Å². The molecule has 3 rings (SSSR count). The maximum Gasteiger partial charge on any atom is 0.191 e. The number of nitrogens with one attached hydrogen (secondary N) is 2. The molecule has 0 spiro atoms. The van der Waals surface area contributed by atoms with E-state index in [4.69, 9.17) is 0 Å². The first-order chi connectivity index (χ1) is 9.85. The zero-order valence-electron chi connectivity index (χ0n) is 12.2. The summed E-state index contributed by atoms with van der Waals surface area (Å²) in [6, 6.07) is 6.59.